The quantitative estimate of drug-likeness (QED) is 0.741. The van der Waals surface area contributed by atoms with Gasteiger partial charge in [-0.25, -0.2) is 0 Å². The molecule has 0 aliphatic heterocycles. The Hall–Kier alpha value is -1.70. The van der Waals surface area contributed by atoms with E-state index in [1.807, 2.05) is 32.3 Å². The minimum absolute atomic E-state index is 0.313. The zero-order valence-electron chi connectivity index (χ0n) is 8.36. The minimum atomic E-state index is 0.313. The van der Waals surface area contributed by atoms with Gasteiger partial charge in [0, 0.05) is 25.2 Å². The first-order valence-electron chi connectivity index (χ1n) is 4.57. The maximum absolute atomic E-state index is 9.35. The summed E-state index contributed by atoms with van der Waals surface area (Å²) in [6.07, 6.45) is 0. The fourth-order valence-corrected chi connectivity index (χ4v) is 1.64. The smallest absolute Gasteiger partial charge is 0.116 e. The van der Waals surface area contributed by atoms with Gasteiger partial charge >= 0.3 is 0 Å². The van der Waals surface area contributed by atoms with Crippen LogP contribution in [0.2, 0.25) is 0 Å². The highest BCUT2D eigenvalue weighted by molar-refractivity contribution is 5.94. The van der Waals surface area contributed by atoms with Gasteiger partial charge in [-0.2, -0.15) is 0 Å². The van der Waals surface area contributed by atoms with Gasteiger partial charge in [0.1, 0.15) is 5.75 Å². The van der Waals surface area contributed by atoms with Crippen molar-refractivity contribution in [2.75, 3.05) is 19.0 Å². The lowest BCUT2D eigenvalue weighted by Gasteiger charge is -2.15. The van der Waals surface area contributed by atoms with Crippen LogP contribution in [0, 0.1) is 0 Å². The standard InChI is InChI=1S/C12H13NO/c1-13(2)12-5-3-4-9-8-10(14)6-7-11(9)12/h3-8,14H,1-2H3. The normalized spacial score (nSPS) is 10.4. The Kier molecular flexibility index (Phi) is 2.04. The van der Waals surface area contributed by atoms with Crippen LogP contribution in [0.4, 0.5) is 5.69 Å². The van der Waals surface area contributed by atoms with E-state index in [1.165, 1.54) is 5.69 Å². The maximum Gasteiger partial charge on any atom is 0.116 e. The van der Waals surface area contributed by atoms with E-state index >= 15 is 0 Å². The monoisotopic (exact) mass is 187 g/mol. The summed E-state index contributed by atoms with van der Waals surface area (Å²) >= 11 is 0. The number of anilines is 1. The summed E-state index contributed by atoms with van der Waals surface area (Å²) in [7, 11) is 4.03. The van der Waals surface area contributed by atoms with Crippen LogP contribution >= 0.6 is 0 Å². The molecule has 0 amide bonds. The number of phenols is 1. The molecule has 0 saturated carbocycles. The number of benzene rings is 2. The van der Waals surface area contributed by atoms with Gasteiger partial charge < -0.3 is 10.0 Å². The summed E-state index contributed by atoms with van der Waals surface area (Å²) < 4.78 is 0. The van der Waals surface area contributed by atoms with E-state index in [1.54, 1.807) is 12.1 Å². The molecule has 1 N–H and O–H groups in total. The van der Waals surface area contributed by atoms with Gasteiger partial charge in [-0.15, -0.1) is 0 Å². The van der Waals surface area contributed by atoms with Crippen molar-refractivity contribution < 1.29 is 5.11 Å². The molecule has 0 aromatic heterocycles. The van der Waals surface area contributed by atoms with Crippen LogP contribution in [0.25, 0.3) is 10.8 Å². The number of hydrogen-bond donors (Lipinski definition) is 1. The largest absolute Gasteiger partial charge is 0.508 e. The summed E-state index contributed by atoms with van der Waals surface area (Å²) in [5, 5.41) is 11.6. The fourth-order valence-electron chi connectivity index (χ4n) is 1.64. The number of nitrogens with zero attached hydrogens (tertiary/aromatic N) is 1. The van der Waals surface area contributed by atoms with Gasteiger partial charge in [0.25, 0.3) is 0 Å². The lowest BCUT2D eigenvalue weighted by molar-refractivity contribution is 0.476. The van der Waals surface area contributed by atoms with Crippen molar-refractivity contribution in [1.82, 2.24) is 0 Å². The van der Waals surface area contributed by atoms with E-state index in [2.05, 4.69) is 11.0 Å². The molecule has 0 radical (unpaired) electrons. The lowest BCUT2D eigenvalue weighted by Crippen LogP contribution is -2.08. The Balaban J connectivity index is 2.75. The number of aromatic hydroxyl groups is 1. The van der Waals surface area contributed by atoms with E-state index in [9.17, 15) is 5.11 Å². The van der Waals surface area contributed by atoms with Crippen molar-refractivity contribution in [1.29, 1.82) is 0 Å². The number of phenolic OH excluding ortho intramolecular Hbond substituents is 1. The molecule has 0 atom stereocenters. The van der Waals surface area contributed by atoms with Crippen molar-refractivity contribution in [2.24, 2.45) is 0 Å². The van der Waals surface area contributed by atoms with Gasteiger partial charge in [-0.3, -0.25) is 0 Å². The molecule has 2 aromatic carbocycles. The van der Waals surface area contributed by atoms with E-state index in [0.29, 0.717) is 5.75 Å². The van der Waals surface area contributed by atoms with Crippen molar-refractivity contribution in [3.8, 4) is 5.75 Å². The molecule has 0 aliphatic rings. The van der Waals surface area contributed by atoms with Gasteiger partial charge in [0.2, 0.25) is 0 Å². The predicted molar refractivity (Wildman–Crippen MR) is 59.9 cm³/mol. The first-order valence-corrected chi connectivity index (χ1v) is 4.57. The SMILES string of the molecule is CN(C)c1cccc2cc(O)ccc12. The fraction of sp³-hybridized carbons (Fsp3) is 0.167. The molecule has 2 nitrogen and oxygen atoms in total. The molecule has 72 valence electrons. The van der Waals surface area contributed by atoms with Gasteiger partial charge in [-0.1, -0.05) is 12.1 Å². The summed E-state index contributed by atoms with van der Waals surface area (Å²) in [6, 6.07) is 11.5. The van der Waals surface area contributed by atoms with Crippen molar-refractivity contribution >= 4 is 16.5 Å². The second kappa shape index (κ2) is 3.22. The van der Waals surface area contributed by atoms with Crippen LogP contribution in [-0.4, -0.2) is 19.2 Å². The Morgan fingerprint density at radius 3 is 2.57 bits per heavy atom. The molecule has 0 unspecified atom stereocenters. The Bertz CT molecular complexity index is 463. The zero-order chi connectivity index (χ0) is 10.1. The molecule has 0 bridgehead atoms. The topological polar surface area (TPSA) is 23.5 Å². The maximum atomic E-state index is 9.35. The summed E-state index contributed by atoms with van der Waals surface area (Å²) in [6.45, 7) is 0. The highest BCUT2D eigenvalue weighted by Crippen LogP contribution is 2.27. The average molecular weight is 187 g/mol. The van der Waals surface area contributed by atoms with Crippen LogP contribution in [0.3, 0.4) is 0 Å². The summed E-state index contributed by atoms with van der Waals surface area (Å²) in [4.78, 5) is 2.07. The van der Waals surface area contributed by atoms with Gasteiger partial charge in [0.05, 0.1) is 0 Å². The summed E-state index contributed by atoms with van der Waals surface area (Å²) in [5.74, 6) is 0.313. The minimum Gasteiger partial charge on any atom is -0.508 e. The molecular weight excluding hydrogens is 174 g/mol. The first kappa shape index (κ1) is 8.88. The van der Waals surface area contributed by atoms with Crippen LogP contribution in [0.15, 0.2) is 36.4 Å². The van der Waals surface area contributed by atoms with Gasteiger partial charge in [0.15, 0.2) is 0 Å². The molecule has 0 spiro atoms. The van der Waals surface area contributed by atoms with Gasteiger partial charge in [-0.05, 0) is 29.7 Å². The highest BCUT2D eigenvalue weighted by atomic mass is 16.3. The third-order valence-electron chi connectivity index (χ3n) is 2.32. The van der Waals surface area contributed by atoms with E-state index in [4.69, 9.17) is 0 Å². The van der Waals surface area contributed by atoms with E-state index < -0.39 is 0 Å². The number of fused-ring (bicyclic) bond motifs is 1. The second-order valence-electron chi connectivity index (χ2n) is 3.58. The Labute approximate surface area is 83.4 Å². The molecule has 0 aliphatic carbocycles. The Morgan fingerprint density at radius 1 is 1.07 bits per heavy atom. The molecule has 2 heteroatoms. The molecule has 0 saturated heterocycles. The highest BCUT2D eigenvalue weighted by Gasteiger charge is 2.02. The molecule has 0 heterocycles. The predicted octanol–water partition coefficient (Wildman–Crippen LogP) is 2.61. The van der Waals surface area contributed by atoms with Crippen LogP contribution in [-0.2, 0) is 0 Å². The van der Waals surface area contributed by atoms with Crippen LogP contribution < -0.4 is 4.90 Å². The zero-order valence-corrected chi connectivity index (χ0v) is 8.36. The summed E-state index contributed by atoms with van der Waals surface area (Å²) in [5.41, 5.74) is 1.17. The molecule has 2 aromatic rings. The Morgan fingerprint density at radius 2 is 1.86 bits per heavy atom. The second-order valence-corrected chi connectivity index (χ2v) is 3.58. The molecular formula is C12H13NO. The van der Waals surface area contributed by atoms with Crippen molar-refractivity contribution in [3.63, 3.8) is 0 Å². The van der Waals surface area contributed by atoms with Crippen molar-refractivity contribution in [3.05, 3.63) is 36.4 Å². The van der Waals surface area contributed by atoms with E-state index in [-0.39, 0.29) is 0 Å². The van der Waals surface area contributed by atoms with E-state index in [0.717, 1.165) is 10.8 Å². The molecule has 14 heavy (non-hydrogen) atoms. The third-order valence-corrected chi connectivity index (χ3v) is 2.32. The number of hydrogen-bond acceptors (Lipinski definition) is 2. The van der Waals surface area contributed by atoms with Crippen LogP contribution in [0.1, 0.15) is 0 Å². The molecule has 2 rings (SSSR count). The number of rotatable bonds is 1. The lowest BCUT2D eigenvalue weighted by atomic mass is 10.1. The third kappa shape index (κ3) is 1.39. The van der Waals surface area contributed by atoms with Crippen molar-refractivity contribution in [2.45, 2.75) is 0 Å². The first-order chi connectivity index (χ1) is 6.68. The molecule has 0 fully saturated rings. The van der Waals surface area contributed by atoms with Crippen LogP contribution in [0.5, 0.6) is 5.75 Å². The average Bonchev–Trinajstić information content (AvgIpc) is 2.16.